The third-order valence-electron chi connectivity index (χ3n) is 12.7. The lowest BCUT2D eigenvalue weighted by Crippen LogP contribution is -2.53. The van der Waals surface area contributed by atoms with Crippen LogP contribution in [0, 0.1) is 39.4 Å². The second-order valence-corrected chi connectivity index (χ2v) is 16.9. The summed E-state index contributed by atoms with van der Waals surface area (Å²) in [6, 6.07) is 18.8. The summed E-state index contributed by atoms with van der Waals surface area (Å²) < 4.78 is 0. The van der Waals surface area contributed by atoms with Crippen molar-refractivity contribution in [3.05, 3.63) is 70.8 Å². The van der Waals surface area contributed by atoms with Gasteiger partial charge in [-0.1, -0.05) is 167 Å². The van der Waals surface area contributed by atoms with Crippen molar-refractivity contribution >= 4 is 15.9 Å². The summed E-state index contributed by atoms with van der Waals surface area (Å²) in [5.41, 5.74) is 6.31. The first-order valence-electron chi connectivity index (χ1n) is 15.3. The van der Waals surface area contributed by atoms with E-state index in [-0.39, 0.29) is 32.5 Å². The second kappa shape index (κ2) is 11.7. The van der Waals surface area contributed by atoms with Gasteiger partial charge in [-0.15, -0.1) is 0 Å². The molecule has 0 bridgehead atoms. The van der Waals surface area contributed by atoms with Gasteiger partial charge in [-0.3, -0.25) is 0 Å². The highest BCUT2D eigenvalue weighted by Crippen LogP contribution is 2.65. The number of hydrogen-bond acceptors (Lipinski definition) is 0. The molecule has 0 radical (unpaired) electrons. The molecule has 0 aliphatic rings. The van der Waals surface area contributed by atoms with Gasteiger partial charge in [0.05, 0.1) is 0 Å². The Morgan fingerprint density at radius 2 is 1.03 bits per heavy atom. The zero-order valence-corrected chi connectivity index (χ0v) is 29.9. The van der Waals surface area contributed by atoms with E-state index in [1.807, 2.05) is 0 Å². The van der Waals surface area contributed by atoms with Crippen LogP contribution in [-0.2, 0) is 5.33 Å². The molecule has 0 heterocycles. The first kappa shape index (κ1) is 34.1. The van der Waals surface area contributed by atoms with Crippen LogP contribution in [0.1, 0.15) is 144 Å². The molecule has 0 aliphatic carbocycles. The maximum atomic E-state index is 3.66. The van der Waals surface area contributed by atoms with E-state index in [1.165, 1.54) is 22.3 Å². The molecule has 0 saturated carbocycles. The van der Waals surface area contributed by atoms with Crippen molar-refractivity contribution in [1.29, 1.82) is 0 Å². The van der Waals surface area contributed by atoms with E-state index in [1.54, 1.807) is 0 Å². The quantitative estimate of drug-likeness (QED) is 0.226. The predicted molar refractivity (Wildman–Crippen MR) is 179 cm³/mol. The minimum absolute atomic E-state index is 0.0542. The average molecular weight is 598 g/mol. The van der Waals surface area contributed by atoms with Gasteiger partial charge in [0.2, 0.25) is 0 Å². The van der Waals surface area contributed by atoms with Gasteiger partial charge >= 0.3 is 0 Å². The molecule has 2 rings (SSSR count). The molecule has 0 fully saturated rings. The van der Waals surface area contributed by atoms with Gasteiger partial charge in [-0.05, 0) is 80.8 Å². The SMILES string of the molecule is CCC(c1ccc(C)cc1)C(C)(C)C(C)(C)CC(c1ccc(CBr)cc1)C(C)(C)C(C)(C)C(C)(C)C(C)(C)C. The van der Waals surface area contributed by atoms with Crippen molar-refractivity contribution in [2.75, 3.05) is 0 Å². The molecule has 0 aliphatic heterocycles. The van der Waals surface area contributed by atoms with Crippen LogP contribution in [0.15, 0.2) is 48.5 Å². The molecule has 2 atom stereocenters. The van der Waals surface area contributed by atoms with Crippen LogP contribution in [0.5, 0.6) is 0 Å². The second-order valence-electron chi connectivity index (χ2n) is 16.3. The molecule has 2 aromatic carbocycles. The molecule has 0 saturated heterocycles. The average Bonchev–Trinajstić information content (AvgIpc) is 2.83. The molecular formula is C38H61Br. The van der Waals surface area contributed by atoms with Gasteiger partial charge in [0.25, 0.3) is 0 Å². The summed E-state index contributed by atoms with van der Waals surface area (Å²) in [4.78, 5) is 0. The van der Waals surface area contributed by atoms with E-state index in [0.717, 1.165) is 18.2 Å². The van der Waals surface area contributed by atoms with Gasteiger partial charge in [0, 0.05) is 5.33 Å². The van der Waals surface area contributed by atoms with Crippen LogP contribution in [0.25, 0.3) is 0 Å². The Morgan fingerprint density at radius 3 is 1.44 bits per heavy atom. The van der Waals surface area contributed by atoms with E-state index >= 15 is 0 Å². The lowest BCUT2D eigenvalue weighted by atomic mass is 9.43. The van der Waals surface area contributed by atoms with E-state index in [2.05, 4.69) is 168 Å². The minimum atomic E-state index is 0.0542. The zero-order valence-electron chi connectivity index (χ0n) is 28.3. The van der Waals surface area contributed by atoms with Crippen LogP contribution >= 0.6 is 15.9 Å². The highest BCUT2D eigenvalue weighted by molar-refractivity contribution is 9.08. The summed E-state index contributed by atoms with van der Waals surface area (Å²) in [6.07, 6.45) is 2.29. The highest BCUT2D eigenvalue weighted by Gasteiger charge is 2.57. The Hall–Kier alpha value is -1.08. The maximum Gasteiger partial charge on any atom is 0.0283 e. The summed E-state index contributed by atoms with van der Waals surface area (Å²) >= 11 is 3.66. The monoisotopic (exact) mass is 596 g/mol. The topological polar surface area (TPSA) is 0 Å². The standard InChI is InChI=1S/C38H61Br/c1-16-31(29-21-17-27(2)18-22-29)35(8,9)34(6,7)25-32(30-23-19-28(26-39)20-24-30)36(10,11)38(14,15)37(12,13)33(3,4)5/h17-24,31-32H,16,25-26H2,1-15H3. The fraction of sp³-hybridized carbons (Fsp3) is 0.684. The molecule has 2 aromatic rings. The first-order chi connectivity index (χ1) is 17.6. The lowest BCUT2D eigenvalue weighted by molar-refractivity contribution is -0.107. The maximum absolute atomic E-state index is 3.66. The first-order valence-corrected chi connectivity index (χ1v) is 16.4. The van der Waals surface area contributed by atoms with E-state index in [4.69, 9.17) is 0 Å². The van der Waals surface area contributed by atoms with Crippen LogP contribution in [0.3, 0.4) is 0 Å². The molecule has 0 aromatic heterocycles. The molecule has 220 valence electrons. The third-order valence-corrected chi connectivity index (χ3v) is 13.3. The summed E-state index contributed by atoms with van der Waals surface area (Å²) in [7, 11) is 0. The van der Waals surface area contributed by atoms with Crippen molar-refractivity contribution in [3.63, 3.8) is 0 Å². The van der Waals surface area contributed by atoms with Crippen molar-refractivity contribution < 1.29 is 0 Å². The molecule has 0 nitrogen and oxygen atoms in total. The summed E-state index contributed by atoms with van der Waals surface area (Å²) in [6.45, 7) is 37.2. The molecule has 1 heteroatoms. The molecule has 0 N–H and O–H groups in total. The normalized spacial score (nSPS) is 15.8. The summed E-state index contributed by atoms with van der Waals surface area (Å²) in [5.74, 6) is 0.926. The largest absolute Gasteiger partial charge is 0.0876 e. The van der Waals surface area contributed by atoms with Gasteiger partial charge in [-0.25, -0.2) is 0 Å². The highest BCUT2D eigenvalue weighted by atomic mass is 79.9. The van der Waals surface area contributed by atoms with Gasteiger partial charge < -0.3 is 0 Å². The zero-order chi connectivity index (χ0) is 30.2. The minimum Gasteiger partial charge on any atom is -0.0876 e. The molecule has 0 spiro atoms. The van der Waals surface area contributed by atoms with Gasteiger partial charge in [0.1, 0.15) is 0 Å². The van der Waals surface area contributed by atoms with Crippen LogP contribution in [0.4, 0.5) is 0 Å². The van der Waals surface area contributed by atoms with Crippen molar-refractivity contribution in [1.82, 2.24) is 0 Å². The molecule has 39 heavy (non-hydrogen) atoms. The van der Waals surface area contributed by atoms with Crippen LogP contribution < -0.4 is 0 Å². The Balaban J connectivity index is 2.68. The Morgan fingerprint density at radius 1 is 0.590 bits per heavy atom. The number of hydrogen-bond donors (Lipinski definition) is 0. The van der Waals surface area contributed by atoms with Gasteiger partial charge in [-0.2, -0.15) is 0 Å². The van der Waals surface area contributed by atoms with E-state index < -0.39 is 0 Å². The number of benzene rings is 2. The Labute approximate surface area is 252 Å². The van der Waals surface area contributed by atoms with Crippen molar-refractivity contribution in [3.8, 4) is 0 Å². The number of halogens is 1. The van der Waals surface area contributed by atoms with Crippen molar-refractivity contribution in [2.24, 2.45) is 32.5 Å². The van der Waals surface area contributed by atoms with Crippen LogP contribution in [0.2, 0.25) is 0 Å². The van der Waals surface area contributed by atoms with Crippen LogP contribution in [-0.4, -0.2) is 0 Å². The smallest absolute Gasteiger partial charge is 0.0283 e. The predicted octanol–water partition coefficient (Wildman–Crippen LogP) is 12.7. The van der Waals surface area contributed by atoms with E-state index in [0.29, 0.717) is 11.8 Å². The Bertz CT molecular complexity index is 1060. The van der Waals surface area contributed by atoms with Crippen molar-refractivity contribution in [2.45, 2.75) is 134 Å². The Kier molecular flexibility index (Phi) is 10.2. The molecule has 0 amide bonds. The lowest BCUT2D eigenvalue weighted by Gasteiger charge is -2.61. The number of rotatable bonds is 11. The summed E-state index contributed by atoms with van der Waals surface area (Å²) in [5, 5.41) is 0.900. The fourth-order valence-electron chi connectivity index (χ4n) is 7.01. The van der Waals surface area contributed by atoms with E-state index in [9.17, 15) is 0 Å². The molecule has 2 unspecified atom stereocenters. The third kappa shape index (κ3) is 6.39. The number of aryl methyl sites for hydroxylation is 1. The molecular weight excluding hydrogens is 536 g/mol. The van der Waals surface area contributed by atoms with Gasteiger partial charge in [0.15, 0.2) is 0 Å². The number of alkyl halides is 1. The fourth-order valence-corrected chi connectivity index (χ4v) is 7.39.